The van der Waals surface area contributed by atoms with E-state index in [9.17, 15) is 5.11 Å². The summed E-state index contributed by atoms with van der Waals surface area (Å²) < 4.78 is 5.68. The van der Waals surface area contributed by atoms with Crippen LogP contribution in [0.15, 0.2) is 30.3 Å². The maximum absolute atomic E-state index is 10.9. The van der Waals surface area contributed by atoms with Crippen molar-refractivity contribution < 1.29 is 5.11 Å². The van der Waals surface area contributed by atoms with Gasteiger partial charge in [0.25, 0.3) is 0 Å². The fraction of sp³-hybridized carbons (Fsp3) is 0.727. The first kappa shape index (κ1) is 20.3. The van der Waals surface area contributed by atoms with Crippen molar-refractivity contribution in [2.45, 2.75) is 89.1 Å². The topological polar surface area (TPSA) is 20.2 Å². The molecular formula is C22H38OSn. The van der Waals surface area contributed by atoms with Gasteiger partial charge in [-0.1, -0.05) is 0 Å². The first-order chi connectivity index (χ1) is 11.7. The summed E-state index contributed by atoms with van der Waals surface area (Å²) in [6.45, 7) is 7.04. The summed E-state index contributed by atoms with van der Waals surface area (Å²) in [6, 6.07) is 10.4. The number of aliphatic hydroxyl groups is 1. The van der Waals surface area contributed by atoms with Crippen molar-refractivity contribution in [3.05, 3.63) is 35.9 Å². The summed E-state index contributed by atoms with van der Waals surface area (Å²) in [7, 11) is 0. The second-order valence-electron chi connectivity index (χ2n) is 8.03. The minimum atomic E-state index is -2.13. The minimum absolute atomic E-state index is 0.211. The molecule has 0 heterocycles. The Hall–Kier alpha value is -0.0213. The summed E-state index contributed by atoms with van der Waals surface area (Å²) >= 11 is -2.13. The number of aliphatic hydroxyl groups excluding tert-OH is 1. The number of hydrogen-bond donors (Lipinski definition) is 1. The average Bonchev–Trinajstić information content (AvgIpc) is 3.43. The molecule has 1 nitrogen and oxygen atoms in total. The van der Waals surface area contributed by atoms with Crippen LogP contribution in [0.1, 0.15) is 77.4 Å². The quantitative estimate of drug-likeness (QED) is 0.351. The van der Waals surface area contributed by atoms with Crippen LogP contribution in [-0.4, -0.2) is 23.5 Å². The molecule has 0 bridgehead atoms. The Balaban J connectivity index is 2.11. The first-order valence-corrected chi connectivity index (χ1v) is 18.1. The van der Waals surface area contributed by atoms with E-state index in [1.54, 1.807) is 13.3 Å². The van der Waals surface area contributed by atoms with Crippen LogP contribution in [0, 0.1) is 5.92 Å². The van der Waals surface area contributed by atoms with Gasteiger partial charge in [0, 0.05) is 0 Å². The molecule has 1 aromatic rings. The summed E-state index contributed by atoms with van der Waals surface area (Å²) in [4.78, 5) is 0. The van der Waals surface area contributed by atoms with Crippen molar-refractivity contribution in [2.24, 2.45) is 5.92 Å². The number of benzene rings is 1. The van der Waals surface area contributed by atoms with Gasteiger partial charge < -0.3 is 0 Å². The van der Waals surface area contributed by atoms with E-state index < -0.39 is 18.4 Å². The van der Waals surface area contributed by atoms with Crippen LogP contribution in [0.2, 0.25) is 17.2 Å². The Morgan fingerprint density at radius 2 is 1.42 bits per heavy atom. The van der Waals surface area contributed by atoms with Crippen LogP contribution in [-0.2, 0) is 0 Å². The zero-order valence-electron chi connectivity index (χ0n) is 16.1. The third-order valence-electron chi connectivity index (χ3n) is 6.26. The molecule has 2 rings (SSSR count). The van der Waals surface area contributed by atoms with E-state index in [1.807, 2.05) is 6.07 Å². The fourth-order valence-electron chi connectivity index (χ4n) is 4.68. The van der Waals surface area contributed by atoms with Crippen LogP contribution in [0.3, 0.4) is 0 Å². The van der Waals surface area contributed by atoms with Gasteiger partial charge in [-0.3, -0.25) is 0 Å². The van der Waals surface area contributed by atoms with Crippen molar-refractivity contribution in [3.8, 4) is 0 Å². The van der Waals surface area contributed by atoms with Gasteiger partial charge in [0.1, 0.15) is 0 Å². The van der Waals surface area contributed by atoms with Gasteiger partial charge in [-0.2, -0.15) is 0 Å². The molecule has 2 heteroatoms. The molecule has 0 radical (unpaired) electrons. The van der Waals surface area contributed by atoms with Gasteiger partial charge in [0.05, 0.1) is 0 Å². The SMILES string of the molecule is CCC[CH2][Sn]([CH2]CCC)([CH2]CCC)[CH]1CC1C(O)c1ccccc1. The maximum atomic E-state index is 10.9. The normalized spacial score (nSPS) is 21.7. The van der Waals surface area contributed by atoms with E-state index in [1.165, 1.54) is 44.9 Å². The Kier molecular flexibility index (Phi) is 8.63. The van der Waals surface area contributed by atoms with Crippen LogP contribution < -0.4 is 0 Å². The van der Waals surface area contributed by atoms with Crippen LogP contribution in [0.25, 0.3) is 0 Å². The standard InChI is InChI=1S/C10H11O.3C4H9.Sn/c11-10(9-6-7-9)8-4-2-1-3-5-8;3*1-3-4-2;/h1-6,9-11H,7H2;3*1,3-4H2,2H3;. The van der Waals surface area contributed by atoms with E-state index in [2.05, 4.69) is 45.0 Å². The van der Waals surface area contributed by atoms with Gasteiger partial charge in [0.15, 0.2) is 0 Å². The van der Waals surface area contributed by atoms with Gasteiger partial charge in [0.2, 0.25) is 0 Å². The molecule has 0 saturated heterocycles. The summed E-state index contributed by atoms with van der Waals surface area (Å²) in [6.07, 6.45) is 9.46. The van der Waals surface area contributed by atoms with Crippen molar-refractivity contribution in [1.82, 2.24) is 0 Å². The predicted octanol–water partition coefficient (Wildman–Crippen LogP) is 6.96. The van der Waals surface area contributed by atoms with Crippen LogP contribution in [0.5, 0.6) is 0 Å². The van der Waals surface area contributed by atoms with Gasteiger partial charge in [-0.15, -0.1) is 0 Å². The zero-order valence-corrected chi connectivity index (χ0v) is 19.0. The van der Waals surface area contributed by atoms with Crippen molar-refractivity contribution in [2.75, 3.05) is 0 Å². The second kappa shape index (κ2) is 10.2. The summed E-state index contributed by atoms with van der Waals surface area (Å²) in [5.41, 5.74) is 1.15. The molecule has 1 aromatic carbocycles. The molecule has 3 unspecified atom stereocenters. The van der Waals surface area contributed by atoms with Gasteiger partial charge in [-0.05, 0) is 0 Å². The summed E-state index contributed by atoms with van der Waals surface area (Å²) in [5.74, 6) is 0.578. The van der Waals surface area contributed by atoms with E-state index in [0.717, 1.165) is 9.50 Å². The number of rotatable bonds is 12. The molecule has 1 aliphatic carbocycles. The van der Waals surface area contributed by atoms with E-state index in [0.29, 0.717) is 5.92 Å². The Morgan fingerprint density at radius 3 is 1.88 bits per heavy atom. The molecule has 0 spiro atoms. The Bertz CT molecular complexity index is 437. The third kappa shape index (κ3) is 5.24. The monoisotopic (exact) mass is 438 g/mol. The third-order valence-corrected chi connectivity index (χ3v) is 24.2. The van der Waals surface area contributed by atoms with Crippen molar-refractivity contribution in [1.29, 1.82) is 0 Å². The Labute approximate surface area is 154 Å². The molecule has 1 N–H and O–H groups in total. The molecule has 136 valence electrons. The predicted molar refractivity (Wildman–Crippen MR) is 108 cm³/mol. The number of hydrogen-bond acceptors (Lipinski definition) is 1. The molecule has 1 saturated carbocycles. The first-order valence-electron chi connectivity index (χ1n) is 10.4. The van der Waals surface area contributed by atoms with E-state index in [4.69, 9.17) is 0 Å². The molecule has 1 aliphatic rings. The molecule has 0 aliphatic heterocycles. The molecule has 1 fully saturated rings. The number of unbranched alkanes of at least 4 members (excludes halogenated alkanes) is 3. The molecule has 24 heavy (non-hydrogen) atoms. The zero-order chi connectivity index (χ0) is 17.4. The van der Waals surface area contributed by atoms with Crippen molar-refractivity contribution >= 4 is 18.4 Å². The fourth-order valence-corrected chi connectivity index (χ4v) is 24.4. The van der Waals surface area contributed by atoms with Gasteiger partial charge in [-0.25, -0.2) is 0 Å². The second-order valence-corrected chi connectivity index (χ2v) is 22.2. The Morgan fingerprint density at radius 1 is 0.917 bits per heavy atom. The average molecular weight is 437 g/mol. The van der Waals surface area contributed by atoms with E-state index >= 15 is 0 Å². The van der Waals surface area contributed by atoms with Crippen LogP contribution >= 0.6 is 0 Å². The molecule has 0 aromatic heterocycles. The molecule has 3 atom stereocenters. The van der Waals surface area contributed by atoms with E-state index in [-0.39, 0.29) is 6.10 Å². The van der Waals surface area contributed by atoms with Crippen molar-refractivity contribution in [3.63, 3.8) is 0 Å². The summed E-state index contributed by atoms with van der Waals surface area (Å²) in [5, 5.41) is 10.9. The van der Waals surface area contributed by atoms with Gasteiger partial charge >= 0.3 is 154 Å². The van der Waals surface area contributed by atoms with Crippen LogP contribution in [0.4, 0.5) is 0 Å². The molecule has 0 amide bonds. The molecular weight excluding hydrogens is 399 g/mol.